The van der Waals surface area contributed by atoms with Crippen molar-refractivity contribution < 1.29 is 5.21 Å². The van der Waals surface area contributed by atoms with E-state index in [1.807, 2.05) is 0 Å². The zero-order valence-electron chi connectivity index (χ0n) is 9.11. The third-order valence-corrected chi connectivity index (χ3v) is 3.96. The summed E-state index contributed by atoms with van der Waals surface area (Å²) in [5.41, 5.74) is 1.06. The molecular weight excluding hydrogens is 176 g/mol. The van der Waals surface area contributed by atoms with Crippen molar-refractivity contribution in [2.24, 2.45) is 17.0 Å². The van der Waals surface area contributed by atoms with Gasteiger partial charge in [-0.2, -0.15) is 0 Å². The molecule has 2 aliphatic rings. The molecular formula is C11H20N2O. The van der Waals surface area contributed by atoms with Crippen LogP contribution >= 0.6 is 0 Å². The lowest BCUT2D eigenvalue weighted by atomic mass is 9.92. The quantitative estimate of drug-likeness (QED) is 0.553. The van der Waals surface area contributed by atoms with Crippen LogP contribution in [0.2, 0.25) is 0 Å². The van der Waals surface area contributed by atoms with Crippen LogP contribution in [-0.2, 0) is 0 Å². The highest BCUT2D eigenvalue weighted by Gasteiger charge is 2.47. The van der Waals surface area contributed by atoms with Crippen molar-refractivity contribution in [3.8, 4) is 0 Å². The molecule has 2 rings (SSSR count). The van der Waals surface area contributed by atoms with Gasteiger partial charge in [0.15, 0.2) is 0 Å². The SMILES string of the molecule is CCN(CC)[C@H]1/C(=N/O)[C@H]2CC[C@@H]1C2. The smallest absolute Gasteiger partial charge is 0.0775 e. The molecule has 0 unspecified atom stereocenters. The number of oxime groups is 1. The number of nitrogens with zero attached hydrogens (tertiary/aromatic N) is 2. The third-order valence-electron chi connectivity index (χ3n) is 3.96. The standard InChI is InChI=1S/C11H20N2O/c1-3-13(4-2)11-9-6-5-8(7-9)10(11)12-14/h8-9,11,14H,3-7H2,1-2H3/b12-10+/t8-,9+,11+/m0/s1. The van der Waals surface area contributed by atoms with E-state index in [-0.39, 0.29) is 0 Å². The van der Waals surface area contributed by atoms with Crippen molar-refractivity contribution in [1.82, 2.24) is 4.90 Å². The van der Waals surface area contributed by atoms with Gasteiger partial charge in [-0.15, -0.1) is 0 Å². The van der Waals surface area contributed by atoms with Crippen molar-refractivity contribution in [3.05, 3.63) is 0 Å². The zero-order valence-corrected chi connectivity index (χ0v) is 9.11. The van der Waals surface area contributed by atoms with E-state index in [1.54, 1.807) is 0 Å². The highest BCUT2D eigenvalue weighted by molar-refractivity contribution is 5.94. The normalized spacial score (nSPS) is 38.8. The molecule has 0 aromatic rings. The Hall–Kier alpha value is -0.570. The molecule has 3 heteroatoms. The van der Waals surface area contributed by atoms with Crippen LogP contribution in [0.3, 0.4) is 0 Å². The summed E-state index contributed by atoms with van der Waals surface area (Å²) >= 11 is 0. The first-order valence-electron chi connectivity index (χ1n) is 5.77. The topological polar surface area (TPSA) is 35.8 Å². The molecule has 2 aliphatic carbocycles. The maximum absolute atomic E-state index is 9.06. The Kier molecular flexibility index (Phi) is 2.77. The lowest BCUT2D eigenvalue weighted by Gasteiger charge is -2.33. The van der Waals surface area contributed by atoms with Crippen molar-refractivity contribution in [2.75, 3.05) is 13.1 Å². The molecule has 0 aromatic carbocycles. The first-order valence-corrected chi connectivity index (χ1v) is 5.77. The highest BCUT2D eigenvalue weighted by atomic mass is 16.4. The number of fused-ring (bicyclic) bond motifs is 2. The Bertz CT molecular complexity index is 235. The first kappa shape index (κ1) is 9.97. The second-order valence-electron chi connectivity index (χ2n) is 4.46. The van der Waals surface area contributed by atoms with Gasteiger partial charge in [0.05, 0.1) is 11.8 Å². The van der Waals surface area contributed by atoms with E-state index in [0.29, 0.717) is 12.0 Å². The van der Waals surface area contributed by atoms with E-state index < -0.39 is 0 Å². The molecule has 3 atom stereocenters. The molecule has 0 aromatic heterocycles. The Morgan fingerprint density at radius 1 is 1.36 bits per heavy atom. The number of hydrogen-bond acceptors (Lipinski definition) is 3. The van der Waals surface area contributed by atoms with Gasteiger partial charge >= 0.3 is 0 Å². The molecule has 0 saturated heterocycles. The minimum absolute atomic E-state index is 0.439. The van der Waals surface area contributed by atoms with Gasteiger partial charge in [-0.3, -0.25) is 4.90 Å². The molecule has 0 aliphatic heterocycles. The Morgan fingerprint density at radius 2 is 2.07 bits per heavy atom. The molecule has 0 spiro atoms. The summed E-state index contributed by atoms with van der Waals surface area (Å²) in [5, 5.41) is 12.6. The maximum atomic E-state index is 9.06. The number of hydrogen-bond donors (Lipinski definition) is 1. The molecule has 2 bridgehead atoms. The van der Waals surface area contributed by atoms with E-state index in [0.717, 1.165) is 24.7 Å². The van der Waals surface area contributed by atoms with Crippen LogP contribution in [0.5, 0.6) is 0 Å². The van der Waals surface area contributed by atoms with Crippen LogP contribution in [0.1, 0.15) is 33.1 Å². The van der Waals surface area contributed by atoms with Gasteiger partial charge in [-0.25, -0.2) is 0 Å². The van der Waals surface area contributed by atoms with E-state index in [4.69, 9.17) is 5.21 Å². The van der Waals surface area contributed by atoms with Gasteiger partial charge in [0.1, 0.15) is 0 Å². The Morgan fingerprint density at radius 3 is 2.64 bits per heavy atom. The van der Waals surface area contributed by atoms with Gasteiger partial charge < -0.3 is 5.21 Å². The van der Waals surface area contributed by atoms with Crippen LogP contribution in [0.4, 0.5) is 0 Å². The van der Waals surface area contributed by atoms with Gasteiger partial charge in [0.25, 0.3) is 0 Å². The monoisotopic (exact) mass is 196 g/mol. The predicted molar refractivity (Wildman–Crippen MR) is 56.8 cm³/mol. The fraction of sp³-hybridized carbons (Fsp3) is 0.909. The summed E-state index contributed by atoms with van der Waals surface area (Å²) in [7, 11) is 0. The Balaban J connectivity index is 2.17. The Labute approximate surface area is 85.8 Å². The minimum Gasteiger partial charge on any atom is -0.411 e. The van der Waals surface area contributed by atoms with Crippen LogP contribution in [-0.4, -0.2) is 35.0 Å². The lowest BCUT2D eigenvalue weighted by molar-refractivity contribution is 0.209. The van der Waals surface area contributed by atoms with Crippen LogP contribution in [0.15, 0.2) is 5.16 Å². The average molecular weight is 196 g/mol. The van der Waals surface area contributed by atoms with Gasteiger partial charge in [0.2, 0.25) is 0 Å². The lowest BCUT2D eigenvalue weighted by Crippen LogP contribution is -2.44. The van der Waals surface area contributed by atoms with Crippen molar-refractivity contribution in [3.63, 3.8) is 0 Å². The molecule has 2 saturated carbocycles. The average Bonchev–Trinajstić information content (AvgIpc) is 2.79. The fourth-order valence-electron chi connectivity index (χ4n) is 3.30. The third kappa shape index (κ3) is 1.34. The van der Waals surface area contributed by atoms with Crippen molar-refractivity contribution >= 4 is 5.71 Å². The maximum Gasteiger partial charge on any atom is 0.0775 e. The second-order valence-corrected chi connectivity index (χ2v) is 4.46. The second kappa shape index (κ2) is 3.89. The van der Waals surface area contributed by atoms with E-state index in [1.165, 1.54) is 19.3 Å². The minimum atomic E-state index is 0.439. The van der Waals surface area contributed by atoms with Crippen LogP contribution < -0.4 is 0 Å². The van der Waals surface area contributed by atoms with E-state index in [9.17, 15) is 0 Å². The van der Waals surface area contributed by atoms with Crippen molar-refractivity contribution in [2.45, 2.75) is 39.2 Å². The molecule has 80 valence electrons. The molecule has 0 radical (unpaired) electrons. The van der Waals surface area contributed by atoms with Crippen LogP contribution in [0, 0.1) is 11.8 Å². The molecule has 2 fully saturated rings. The summed E-state index contributed by atoms with van der Waals surface area (Å²) in [5.74, 6) is 1.33. The van der Waals surface area contributed by atoms with Crippen LogP contribution in [0.25, 0.3) is 0 Å². The van der Waals surface area contributed by atoms with Gasteiger partial charge in [-0.1, -0.05) is 19.0 Å². The highest BCUT2D eigenvalue weighted by Crippen LogP contribution is 2.44. The number of rotatable bonds is 3. The summed E-state index contributed by atoms with van der Waals surface area (Å²) in [6.07, 6.45) is 3.81. The fourth-order valence-corrected chi connectivity index (χ4v) is 3.30. The largest absolute Gasteiger partial charge is 0.411 e. The molecule has 14 heavy (non-hydrogen) atoms. The molecule has 0 heterocycles. The van der Waals surface area contributed by atoms with Crippen molar-refractivity contribution in [1.29, 1.82) is 0 Å². The van der Waals surface area contributed by atoms with Gasteiger partial charge in [0, 0.05) is 5.92 Å². The van der Waals surface area contributed by atoms with Gasteiger partial charge in [-0.05, 0) is 38.3 Å². The summed E-state index contributed by atoms with van der Waals surface area (Å²) in [4.78, 5) is 2.43. The summed E-state index contributed by atoms with van der Waals surface area (Å²) in [6.45, 7) is 6.49. The molecule has 0 amide bonds. The summed E-state index contributed by atoms with van der Waals surface area (Å²) < 4.78 is 0. The predicted octanol–water partition coefficient (Wildman–Crippen LogP) is 1.96. The van der Waals surface area contributed by atoms with E-state index in [2.05, 4.69) is 23.9 Å². The summed E-state index contributed by atoms with van der Waals surface area (Å²) in [6, 6.07) is 0.439. The molecule has 1 N–H and O–H groups in total. The van der Waals surface area contributed by atoms with E-state index >= 15 is 0 Å². The first-order chi connectivity index (χ1) is 6.81. The molecule has 3 nitrogen and oxygen atoms in total. The zero-order chi connectivity index (χ0) is 10.1.